The van der Waals surface area contributed by atoms with E-state index in [2.05, 4.69) is 11.9 Å². The van der Waals surface area contributed by atoms with E-state index in [-0.39, 0.29) is 6.04 Å². The number of nitrogens with zero attached hydrogens (tertiary/aromatic N) is 1. The van der Waals surface area contributed by atoms with Crippen LogP contribution in [0.3, 0.4) is 0 Å². The molecule has 0 heterocycles. The van der Waals surface area contributed by atoms with E-state index in [1.54, 1.807) is 0 Å². The summed E-state index contributed by atoms with van der Waals surface area (Å²) in [6.07, 6.45) is 5.70. The molecular formula is C17H24Cl2N2. The maximum atomic E-state index is 6.36. The lowest BCUT2D eigenvalue weighted by molar-refractivity contribution is 0.176. The molecule has 2 nitrogen and oxygen atoms in total. The van der Waals surface area contributed by atoms with Crippen LogP contribution in [0.2, 0.25) is 10.0 Å². The second-order valence-electron chi connectivity index (χ2n) is 6.76. The zero-order valence-corrected chi connectivity index (χ0v) is 14.1. The summed E-state index contributed by atoms with van der Waals surface area (Å²) in [6, 6.07) is 5.79. The standard InChI is InChI=1S/C17H24Cl2N2/c1-21(10-13-8-11-5-6-12(13)7-11)16(9-20)17-14(18)3-2-4-15(17)19/h2-4,11-13,16H,5-10,20H2,1H3. The second-order valence-corrected chi connectivity index (χ2v) is 7.58. The van der Waals surface area contributed by atoms with Gasteiger partial charge in [0.15, 0.2) is 0 Å². The smallest absolute Gasteiger partial charge is 0.0497 e. The first-order valence-corrected chi connectivity index (χ1v) is 8.70. The Morgan fingerprint density at radius 3 is 2.48 bits per heavy atom. The van der Waals surface area contributed by atoms with Crippen molar-refractivity contribution in [2.45, 2.75) is 31.7 Å². The van der Waals surface area contributed by atoms with Crippen LogP contribution in [0.4, 0.5) is 0 Å². The molecule has 4 heteroatoms. The molecule has 2 N–H and O–H groups in total. The molecule has 2 aliphatic rings. The van der Waals surface area contributed by atoms with Crippen LogP contribution in [0.5, 0.6) is 0 Å². The average molecular weight is 327 g/mol. The molecule has 21 heavy (non-hydrogen) atoms. The van der Waals surface area contributed by atoms with Crippen molar-refractivity contribution < 1.29 is 0 Å². The van der Waals surface area contributed by atoms with Crippen LogP contribution in [0.15, 0.2) is 18.2 Å². The van der Waals surface area contributed by atoms with Gasteiger partial charge in [0, 0.05) is 34.7 Å². The van der Waals surface area contributed by atoms with Gasteiger partial charge in [-0.25, -0.2) is 0 Å². The van der Waals surface area contributed by atoms with E-state index in [0.717, 1.165) is 39.9 Å². The maximum Gasteiger partial charge on any atom is 0.0497 e. The van der Waals surface area contributed by atoms with Gasteiger partial charge >= 0.3 is 0 Å². The number of fused-ring (bicyclic) bond motifs is 2. The predicted molar refractivity (Wildman–Crippen MR) is 89.8 cm³/mol. The van der Waals surface area contributed by atoms with Crippen molar-refractivity contribution in [1.29, 1.82) is 0 Å². The minimum absolute atomic E-state index is 0.102. The molecule has 2 aliphatic carbocycles. The van der Waals surface area contributed by atoms with Gasteiger partial charge in [0.1, 0.15) is 0 Å². The molecular weight excluding hydrogens is 303 g/mol. The van der Waals surface area contributed by atoms with Crippen LogP contribution < -0.4 is 5.73 Å². The van der Waals surface area contributed by atoms with Crippen LogP contribution in [-0.2, 0) is 0 Å². The number of hydrogen-bond acceptors (Lipinski definition) is 2. The van der Waals surface area contributed by atoms with Crippen LogP contribution in [0, 0.1) is 17.8 Å². The highest BCUT2D eigenvalue weighted by Gasteiger charge is 2.40. The molecule has 2 fully saturated rings. The van der Waals surface area contributed by atoms with Gasteiger partial charge in [-0.3, -0.25) is 4.90 Å². The van der Waals surface area contributed by atoms with Crippen LogP contribution in [-0.4, -0.2) is 25.0 Å². The monoisotopic (exact) mass is 326 g/mol. The molecule has 2 saturated carbocycles. The van der Waals surface area contributed by atoms with E-state index in [1.165, 1.54) is 25.7 Å². The molecule has 1 aromatic carbocycles. The highest BCUT2D eigenvalue weighted by atomic mass is 35.5. The van der Waals surface area contributed by atoms with Gasteiger partial charge in [0.25, 0.3) is 0 Å². The summed E-state index contributed by atoms with van der Waals surface area (Å²) in [5.74, 6) is 2.73. The predicted octanol–water partition coefficient (Wildman–Crippen LogP) is 4.36. The maximum absolute atomic E-state index is 6.36. The van der Waals surface area contributed by atoms with Crippen molar-refractivity contribution in [3.8, 4) is 0 Å². The third kappa shape index (κ3) is 3.10. The fourth-order valence-electron chi connectivity index (χ4n) is 4.44. The summed E-state index contributed by atoms with van der Waals surface area (Å²) in [7, 11) is 2.16. The van der Waals surface area contributed by atoms with E-state index >= 15 is 0 Å². The van der Waals surface area contributed by atoms with Crippen molar-refractivity contribution in [2.24, 2.45) is 23.5 Å². The van der Waals surface area contributed by atoms with E-state index in [0.29, 0.717) is 6.54 Å². The third-order valence-corrected chi connectivity index (χ3v) is 6.15. The molecule has 1 aromatic rings. The Morgan fingerprint density at radius 1 is 1.24 bits per heavy atom. The Labute approximate surface area is 137 Å². The number of halogens is 2. The van der Waals surface area contributed by atoms with Crippen LogP contribution >= 0.6 is 23.2 Å². The molecule has 0 aromatic heterocycles. The molecule has 0 saturated heterocycles. The van der Waals surface area contributed by atoms with E-state index in [9.17, 15) is 0 Å². The van der Waals surface area contributed by atoms with Crippen molar-refractivity contribution >= 4 is 23.2 Å². The minimum Gasteiger partial charge on any atom is -0.329 e. The summed E-state index contributed by atoms with van der Waals surface area (Å²) in [5.41, 5.74) is 7.02. The number of hydrogen-bond donors (Lipinski definition) is 1. The summed E-state index contributed by atoms with van der Waals surface area (Å²) in [5, 5.41) is 1.44. The molecule has 3 rings (SSSR count). The lowest BCUT2D eigenvalue weighted by Gasteiger charge is -2.33. The molecule has 0 radical (unpaired) electrons. The van der Waals surface area contributed by atoms with Gasteiger partial charge in [-0.2, -0.15) is 0 Å². The van der Waals surface area contributed by atoms with Crippen LogP contribution in [0.1, 0.15) is 37.3 Å². The first-order valence-electron chi connectivity index (χ1n) is 7.94. The summed E-state index contributed by atoms with van der Waals surface area (Å²) >= 11 is 12.7. The van der Waals surface area contributed by atoms with Crippen molar-refractivity contribution in [1.82, 2.24) is 4.90 Å². The molecule has 2 bridgehead atoms. The average Bonchev–Trinajstić information content (AvgIpc) is 3.05. The fourth-order valence-corrected chi connectivity index (χ4v) is 5.09. The van der Waals surface area contributed by atoms with Gasteiger partial charge in [-0.05, 0) is 56.2 Å². The first-order chi connectivity index (χ1) is 10.1. The van der Waals surface area contributed by atoms with Gasteiger partial charge in [-0.1, -0.05) is 35.7 Å². The Kier molecular flexibility index (Phi) is 4.80. The largest absolute Gasteiger partial charge is 0.329 e. The number of nitrogens with two attached hydrogens (primary N) is 1. The molecule has 4 atom stereocenters. The Hall–Kier alpha value is -0.280. The van der Waals surface area contributed by atoms with E-state index in [4.69, 9.17) is 28.9 Å². The number of benzene rings is 1. The number of rotatable bonds is 5. The lowest BCUT2D eigenvalue weighted by atomic mass is 9.88. The second kappa shape index (κ2) is 6.45. The van der Waals surface area contributed by atoms with Gasteiger partial charge in [-0.15, -0.1) is 0 Å². The lowest BCUT2D eigenvalue weighted by Crippen LogP contribution is -2.36. The van der Waals surface area contributed by atoms with E-state index < -0.39 is 0 Å². The van der Waals surface area contributed by atoms with Gasteiger partial charge in [0.05, 0.1) is 0 Å². The molecule has 4 unspecified atom stereocenters. The Balaban J connectivity index is 1.73. The third-order valence-electron chi connectivity index (χ3n) is 5.50. The fraction of sp³-hybridized carbons (Fsp3) is 0.647. The number of likely N-dealkylation sites (N-methyl/N-ethyl adjacent to an activating group) is 1. The SMILES string of the molecule is CN(CC1CC2CCC1C2)C(CN)c1c(Cl)cccc1Cl. The van der Waals surface area contributed by atoms with Crippen molar-refractivity contribution in [3.05, 3.63) is 33.8 Å². The molecule has 0 amide bonds. The van der Waals surface area contributed by atoms with Crippen molar-refractivity contribution in [3.63, 3.8) is 0 Å². The zero-order chi connectivity index (χ0) is 15.0. The summed E-state index contributed by atoms with van der Waals surface area (Å²) < 4.78 is 0. The Morgan fingerprint density at radius 2 is 1.95 bits per heavy atom. The molecule has 116 valence electrons. The Bertz CT molecular complexity index is 485. The molecule has 0 spiro atoms. The minimum atomic E-state index is 0.102. The van der Waals surface area contributed by atoms with Crippen molar-refractivity contribution in [2.75, 3.05) is 20.1 Å². The quantitative estimate of drug-likeness (QED) is 0.870. The normalized spacial score (nSPS) is 29.3. The summed E-state index contributed by atoms with van der Waals surface area (Å²) in [6.45, 7) is 1.64. The first kappa shape index (κ1) is 15.6. The highest BCUT2D eigenvalue weighted by Crippen LogP contribution is 2.49. The summed E-state index contributed by atoms with van der Waals surface area (Å²) in [4.78, 5) is 2.36. The van der Waals surface area contributed by atoms with E-state index in [1.807, 2.05) is 18.2 Å². The topological polar surface area (TPSA) is 29.3 Å². The van der Waals surface area contributed by atoms with Crippen LogP contribution in [0.25, 0.3) is 0 Å². The van der Waals surface area contributed by atoms with Gasteiger partial charge in [0.2, 0.25) is 0 Å². The zero-order valence-electron chi connectivity index (χ0n) is 12.6. The molecule has 0 aliphatic heterocycles. The highest BCUT2D eigenvalue weighted by molar-refractivity contribution is 6.36. The van der Waals surface area contributed by atoms with Gasteiger partial charge < -0.3 is 5.73 Å².